The van der Waals surface area contributed by atoms with E-state index in [9.17, 15) is 14.7 Å². The Hall–Kier alpha value is -2.59. The van der Waals surface area contributed by atoms with Gasteiger partial charge < -0.3 is 25.6 Å². The molecule has 0 spiro atoms. The van der Waals surface area contributed by atoms with Crippen molar-refractivity contribution in [2.45, 2.75) is 46.3 Å². The summed E-state index contributed by atoms with van der Waals surface area (Å²) in [7, 11) is 0. The van der Waals surface area contributed by atoms with Gasteiger partial charge in [0.05, 0.1) is 19.5 Å². The SMILES string of the molecule is CC(C)N[C@@H](CO)CN(CC(=O)C(C)C)C(=O)Cn1cnc2c(N)ncnc21. The van der Waals surface area contributed by atoms with Crippen molar-refractivity contribution in [3.05, 3.63) is 12.7 Å². The molecule has 2 heterocycles. The van der Waals surface area contributed by atoms with Gasteiger partial charge in [0.15, 0.2) is 17.2 Å². The van der Waals surface area contributed by atoms with Crippen LogP contribution in [0.15, 0.2) is 12.7 Å². The molecular formula is C18H29N7O3. The lowest BCUT2D eigenvalue weighted by atomic mass is 10.1. The summed E-state index contributed by atoms with van der Waals surface area (Å²) >= 11 is 0. The van der Waals surface area contributed by atoms with E-state index in [-0.39, 0.29) is 61.8 Å². The number of aliphatic hydroxyl groups is 1. The van der Waals surface area contributed by atoms with Gasteiger partial charge in [-0.15, -0.1) is 0 Å². The molecule has 0 aliphatic carbocycles. The number of anilines is 1. The largest absolute Gasteiger partial charge is 0.395 e. The molecule has 154 valence electrons. The highest BCUT2D eigenvalue weighted by Crippen LogP contribution is 2.14. The van der Waals surface area contributed by atoms with Gasteiger partial charge in [-0.05, 0) is 0 Å². The Labute approximate surface area is 164 Å². The van der Waals surface area contributed by atoms with Crippen LogP contribution in [0.4, 0.5) is 5.82 Å². The van der Waals surface area contributed by atoms with Crippen molar-refractivity contribution in [3.8, 4) is 0 Å². The van der Waals surface area contributed by atoms with Crippen molar-refractivity contribution in [2.24, 2.45) is 5.92 Å². The molecule has 0 aromatic carbocycles. The van der Waals surface area contributed by atoms with Gasteiger partial charge in [-0.3, -0.25) is 9.59 Å². The first kappa shape index (κ1) is 21.7. The maximum Gasteiger partial charge on any atom is 0.243 e. The third kappa shape index (κ3) is 5.46. The second kappa shape index (κ2) is 9.56. The number of aliphatic hydroxyl groups excluding tert-OH is 1. The first-order valence-electron chi connectivity index (χ1n) is 9.31. The molecular weight excluding hydrogens is 362 g/mol. The van der Waals surface area contributed by atoms with E-state index in [0.717, 1.165) is 0 Å². The number of aromatic nitrogens is 4. The number of rotatable bonds is 10. The van der Waals surface area contributed by atoms with Gasteiger partial charge in [0.1, 0.15) is 18.4 Å². The Balaban J connectivity index is 2.21. The minimum Gasteiger partial charge on any atom is -0.395 e. The number of ketones is 1. The predicted molar refractivity (Wildman–Crippen MR) is 105 cm³/mol. The van der Waals surface area contributed by atoms with Crippen LogP contribution in [-0.2, 0) is 16.1 Å². The molecule has 0 unspecified atom stereocenters. The summed E-state index contributed by atoms with van der Waals surface area (Å²) in [4.78, 5) is 38.9. The highest BCUT2D eigenvalue weighted by atomic mass is 16.3. The zero-order chi connectivity index (χ0) is 20.8. The number of fused-ring (bicyclic) bond motifs is 1. The molecule has 0 aliphatic rings. The number of nitrogens with one attached hydrogen (secondary N) is 1. The summed E-state index contributed by atoms with van der Waals surface area (Å²) in [5.41, 5.74) is 6.67. The number of nitrogens with two attached hydrogens (primary N) is 1. The highest BCUT2D eigenvalue weighted by molar-refractivity contribution is 5.88. The number of Topliss-reactive ketones (excluding diaryl/α,β-unsaturated/α-hetero) is 1. The zero-order valence-electron chi connectivity index (χ0n) is 16.8. The van der Waals surface area contributed by atoms with Crippen LogP contribution in [0, 0.1) is 5.92 Å². The monoisotopic (exact) mass is 391 g/mol. The third-order valence-corrected chi connectivity index (χ3v) is 4.31. The van der Waals surface area contributed by atoms with Gasteiger partial charge in [0.2, 0.25) is 5.91 Å². The van der Waals surface area contributed by atoms with Crippen molar-refractivity contribution >= 4 is 28.7 Å². The fraction of sp³-hybridized carbons (Fsp3) is 0.611. The van der Waals surface area contributed by atoms with Crippen LogP contribution in [0.2, 0.25) is 0 Å². The van der Waals surface area contributed by atoms with E-state index in [1.807, 2.05) is 13.8 Å². The molecule has 0 saturated carbocycles. The second-order valence-corrected chi connectivity index (χ2v) is 7.40. The Bertz CT molecular complexity index is 819. The maximum atomic E-state index is 13.0. The van der Waals surface area contributed by atoms with Gasteiger partial charge in [-0.1, -0.05) is 27.7 Å². The smallest absolute Gasteiger partial charge is 0.243 e. The Morgan fingerprint density at radius 3 is 2.57 bits per heavy atom. The summed E-state index contributed by atoms with van der Waals surface area (Å²) < 4.78 is 1.58. The van der Waals surface area contributed by atoms with Crippen LogP contribution in [0.1, 0.15) is 27.7 Å². The number of hydrogen-bond acceptors (Lipinski definition) is 8. The van der Waals surface area contributed by atoms with E-state index in [1.165, 1.54) is 17.6 Å². The fourth-order valence-corrected chi connectivity index (χ4v) is 2.79. The van der Waals surface area contributed by atoms with Crippen LogP contribution >= 0.6 is 0 Å². The number of imidazole rings is 1. The van der Waals surface area contributed by atoms with Gasteiger partial charge in [-0.2, -0.15) is 0 Å². The third-order valence-electron chi connectivity index (χ3n) is 4.31. The number of nitrogens with zero attached hydrogens (tertiary/aromatic N) is 5. The maximum absolute atomic E-state index is 13.0. The van der Waals surface area contributed by atoms with E-state index in [1.54, 1.807) is 18.4 Å². The summed E-state index contributed by atoms with van der Waals surface area (Å²) in [5, 5.41) is 12.8. The molecule has 4 N–H and O–H groups in total. The normalized spacial score (nSPS) is 12.7. The van der Waals surface area contributed by atoms with Crippen molar-refractivity contribution in [3.63, 3.8) is 0 Å². The molecule has 2 aromatic heterocycles. The summed E-state index contributed by atoms with van der Waals surface area (Å²) in [6, 6.07) is -0.200. The molecule has 2 rings (SSSR count). The number of carbonyl (C=O) groups is 2. The van der Waals surface area contributed by atoms with Gasteiger partial charge in [-0.25, -0.2) is 15.0 Å². The van der Waals surface area contributed by atoms with Crippen molar-refractivity contribution in [1.29, 1.82) is 0 Å². The van der Waals surface area contributed by atoms with Crippen LogP contribution in [0.25, 0.3) is 11.2 Å². The fourth-order valence-electron chi connectivity index (χ4n) is 2.79. The average Bonchev–Trinajstić information content (AvgIpc) is 3.04. The molecule has 1 atom stereocenters. The molecule has 0 radical (unpaired) electrons. The van der Waals surface area contributed by atoms with Crippen molar-refractivity contribution in [1.82, 2.24) is 29.7 Å². The Kier molecular flexibility index (Phi) is 7.41. The van der Waals surface area contributed by atoms with Crippen LogP contribution in [0.3, 0.4) is 0 Å². The summed E-state index contributed by atoms with van der Waals surface area (Å²) in [6.07, 6.45) is 2.79. The van der Waals surface area contributed by atoms with E-state index < -0.39 is 0 Å². The summed E-state index contributed by atoms with van der Waals surface area (Å²) in [5.74, 6) is -0.266. The van der Waals surface area contributed by atoms with Crippen LogP contribution < -0.4 is 11.1 Å². The van der Waals surface area contributed by atoms with E-state index >= 15 is 0 Å². The quantitative estimate of drug-likeness (QED) is 0.507. The molecule has 0 fully saturated rings. The van der Waals surface area contributed by atoms with Gasteiger partial charge >= 0.3 is 0 Å². The Morgan fingerprint density at radius 2 is 1.96 bits per heavy atom. The van der Waals surface area contributed by atoms with E-state index in [0.29, 0.717) is 11.2 Å². The van der Waals surface area contributed by atoms with Gasteiger partial charge in [0, 0.05) is 24.5 Å². The van der Waals surface area contributed by atoms with E-state index in [2.05, 4.69) is 20.3 Å². The lowest BCUT2D eigenvalue weighted by Gasteiger charge is -2.28. The highest BCUT2D eigenvalue weighted by Gasteiger charge is 2.23. The van der Waals surface area contributed by atoms with Crippen LogP contribution in [-0.4, -0.2) is 73.0 Å². The van der Waals surface area contributed by atoms with Gasteiger partial charge in [0.25, 0.3) is 0 Å². The number of hydrogen-bond donors (Lipinski definition) is 3. The number of carbonyl (C=O) groups excluding carboxylic acids is 2. The van der Waals surface area contributed by atoms with Crippen LogP contribution in [0.5, 0.6) is 0 Å². The van der Waals surface area contributed by atoms with E-state index in [4.69, 9.17) is 5.73 Å². The first-order valence-corrected chi connectivity index (χ1v) is 9.31. The summed E-state index contributed by atoms with van der Waals surface area (Å²) in [6.45, 7) is 7.51. The predicted octanol–water partition coefficient (Wildman–Crippen LogP) is -0.179. The molecule has 10 heteroatoms. The lowest BCUT2D eigenvalue weighted by Crippen LogP contribution is -2.50. The first-order chi connectivity index (χ1) is 13.2. The number of nitrogen functional groups attached to an aromatic ring is 1. The average molecular weight is 391 g/mol. The topological polar surface area (TPSA) is 139 Å². The second-order valence-electron chi connectivity index (χ2n) is 7.40. The molecule has 1 amide bonds. The zero-order valence-corrected chi connectivity index (χ0v) is 16.8. The minimum absolute atomic E-state index is 0.0173. The molecule has 0 bridgehead atoms. The molecule has 10 nitrogen and oxygen atoms in total. The molecule has 0 aliphatic heterocycles. The molecule has 28 heavy (non-hydrogen) atoms. The van der Waals surface area contributed by atoms with Crippen molar-refractivity contribution < 1.29 is 14.7 Å². The van der Waals surface area contributed by atoms with Crippen molar-refractivity contribution in [2.75, 3.05) is 25.4 Å². The number of amides is 1. The molecule has 2 aromatic rings. The molecule has 0 saturated heterocycles. The minimum atomic E-state index is -0.332. The lowest BCUT2D eigenvalue weighted by molar-refractivity contribution is -0.137. The Morgan fingerprint density at radius 1 is 1.25 bits per heavy atom. The standard InChI is InChI=1S/C18H29N7O3/c1-11(2)14(27)6-24(5-13(8-26)23-12(3)4)15(28)7-25-10-22-16-17(19)20-9-21-18(16)25/h9-13,23,26H,5-8H2,1-4H3,(H2,19,20,21)/t13-/m1/s1.